The van der Waals surface area contributed by atoms with Gasteiger partial charge in [0, 0.05) is 18.7 Å². The lowest BCUT2D eigenvalue weighted by Gasteiger charge is -2.22. The normalized spacial score (nSPS) is 17.5. The van der Waals surface area contributed by atoms with Crippen LogP contribution in [0.5, 0.6) is 0 Å². The zero-order valence-electron chi connectivity index (χ0n) is 13.6. The zero-order chi connectivity index (χ0) is 16.2. The standard InChI is InChI=1S/C17H22N4O2/c1-3-10-18-17(22)21-11-6-9-14(21)16-19-15(20-23-16)13-8-5-4-7-12(13)2/h4-5,7-8,14H,3,6,9-11H2,1-2H3,(H,18,22)/t14-/m1/s1. The van der Waals surface area contributed by atoms with Gasteiger partial charge < -0.3 is 14.7 Å². The van der Waals surface area contributed by atoms with E-state index in [-0.39, 0.29) is 12.1 Å². The summed E-state index contributed by atoms with van der Waals surface area (Å²) in [5.74, 6) is 1.10. The van der Waals surface area contributed by atoms with Gasteiger partial charge in [0.2, 0.25) is 11.7 Å². The van der Waals surface area contributed by atoms with E-state index in [0.717, 1.165) is 36.9 Å². The summed E-state index contributed by atoms with van der Waals surface area (Å²) in [4.78, 5) is 18.6. The second-order valence-corrected chi connectivity index (χ2v) is 5.85. The molecule has 0 aliphatic carbocycles. The number of amides is 2. The summed E-state index contributed by atoms with van der Waals surface area (Å²) in [6, 6.07) is 7.76. The van der Waals surface area contributed by atoms with Gasteiger partial charge in [-0.25, -0.2) is 4.79 Å². The lowest BCUT2D eigenvalue weighted by Crippen LogP contribution is -2.39. The molecule has 0 radical (unpaired) electrons. The fourth-order valence-electron chi connectivity index (χ4n) is 2.90. The van der Waals surface area contributed by atoms with Crippen molar-refractivity contribution in [2.45, 2.75) is 39.2 Å². The highest BCUT2D eigenvalue weighted by Gasteiger charge is 2.34. The number of aromatic nitrogens is 2. The van der Waals surface area contributed by atoms with Crippen molar-refractivity contribution >= 4 is 6.03 Å². The molecule has 0 saturated carbocycles. The van der Waals surface area contributed by atoms with Crippen LogP contribution in [0.15, 0.2) is 28.8 Å². The molecule has 1 saturated heterocycles. The zero-order valence-corrected chi connectivity index (χ0v) is 13.6. The first-order valence-electron chi connectivity index (χ1n) is 8.14. The number of hydrogen-bond acceptors (Lipinski definition) is 4. The Morgan fingerprint density at radius 1 is 1.43 bits per heavy atom. The van der Waals surface area contributed by atoms with Crippen molar-refractivity contribution in [3.63, 3.8) is 0 Å². The Labute approximate surface area is 135 Å². The molecular weight excluding hydrogens is 292 g/mol. The average Bonchev–Trinajstić information content (AvgIpc) is 3.21. The molecule has 1 aliphatic heterocycles. The van der Waals surface area contributed by atoms with Gasteiger partial charge in [-0.3, -0.25) is 0 Å². The van der Waals surface area contributed by atoms with Crippen LogP contribution in [0.25, 0.3) is 11.4 Å². The third-order valence-electron chi connectivity index (χ3n) is 4.15. The minimum Gasteiger partial charge on any atom is -0.338 e. The van der Waals surface area contributed by atoms with Crippen molar-refractivity contribution in [1.82, 2.24) is 20.4 Å². The highest BCUT2D eigenvalue weighted by Crippen LogP contribution is 2.32. The van der Waals surface area contributed by atoms with Crippen LogP contribution in [0.4, 0.5) is 4.79 Å². The van der Waals surface area contributed by atoms with Crippen LogP contribution in [-0.4, -0.2) is 34.2 Å². The topological polar surface area (TPSA) is 71.3 Å². The van der Waals surface area contributed by atoms with E-state index in [1.165, 1.54) is 0 Å². The molecule has 1 aliphatic rings. The van der Waals surface area contributed by atoms with Crippen molar-refractivity contribution < 1.29 is 9.32 Å². The van der Waals surface area contributed by atoms with E-state index in [9.17, 15) is 4.79 Å². The maximum absolute atomic E-state index is 12.2. The molecule has 0 spiro atoms. The van der Waals surface area contributed by atoms with E-state index in [1.54, 1.807) is 4.90 Å². The number of likely N-dealkylation sites (tertiary alicyclic amines) is 1. The maximum atomic E-state index is 12.2. The SMILES string of the molecule is CCCNC(=O)N1CCC[C@@H]1c1nc(-c2ccccc2C)no1. The van der Waals surface area contributed by atoms with Crippen LogP contribution in [-0.2, 0) is 0 Å². The Hall–Kier alpha value is -2.37. The van der Waals surface area contributed by atoms with Gasteiger partial charge in [-0.15, -0.1) is 0 Å². The number of urea groups is 1. The average molecular weight is 314 g/mol. The van der Waals surface area contributed by atoms with Gasteiger partial charge in [0.25, 0.3) is 0 Å². The number of nitrogens with zero attached hydrogens (tertiary/aromatic N) is 3. The molecule has 2 aromatic rings. The van der Waals surface area contributed by atoms with E-state index in [1.807, 2.05) is 38.1 Å². The number of rotatable bonds is 4. The first-order chi connectivity index (χ1) is 11.2. The van der Waals surface area contributed by atoms with Crippen LogP contribution in [0.3, 0.4) is 0 Å². The maximum Gasteiger partial charge on any atom is 0.318 e. The third-order valence-corrected chi connectivity index (χ3v) is 4.15. The summed E-state index contributed by atoms with van der Waals surface area (Å²) >= 11 is 0. The Morgan fingerprint density at radius 2 is 2.26 bits per heavy atom. The number of hydrogen-bond donors (Lipinski definition) is 1. The molecule has 6 heteroatoms. The Bertz CT molecular complexity index is 683. The molecule has 0 bridgehead atoms. The molecule has 2 amide bonds. The van der Waals surface area contributed by atoms with Crippen molar-refractivity contribution in [2.75, 3.05) is 13.1 Å². The minimum atomic E-state index is -0.128. The molecule has 122 valence electrons. The fourth-order valence-corrected chi connectivity index (χ4v) is 2.90. The molecular formula is C17H22N4O2. The predicted molar refractivity (Wildman–Crippen MR) is 86.8 cm³/mol. The van der Waals surface area contributed by atoms with E-state index in [2.05, 4.69) is 15.5 Å². The summed E-state index contributed by atoms with van der Waals surface area (Å²) in [5.41, 5.74) is 2.06. The van der Waals surface area contributed by atoms with Crippen LogP contribution in [0.2, 0.25) is 0 Å². The monoisotopic (exact) mass is 314 g/mol. The molecule has 23 heavy (non-hydrogen) atoms. The molecule has 1 atom stereocenters. The number of benzene rings is 1. The fraction of sp³-hybridized carbons (Fsp3) is 0.471. The summed E-state index contributed by atoms with van der Waals surface area (Å²) in [6.07, 6.45) is 2.73. The number of nitrogens with one attached hydrogen (secondary N) is 1. The highest BCUT2D eigenvalue weighted by molar-refractivity contribution is 5.75. The Kier molecular flexibility index (Phi) is 4.60. The molecule has 2 heterocycles. The Morgan fingerprint density at radius 3 is 3.04 bits per heavy atom. The molecule has 1 aromatic carbocycles. The first kappa shape index (κ1) is 15.5. The summed E-state index contributed by atoms with van der Waals surface area (Å²) in [6.45, 7) is 5.46. The predicted octanol–water partition coefficient (Wildman–Crippen LogP) is 3.30. The molecule has 1 N–H and O–H groups in total. The van der Waals surface area contributed by atoms with Crippen LogP contribution in [0.1, 0.15) is 43.7 Å². The van der Waals surface area contributed by atoms with Gasteiger partial charge in [0.15, 0.2) is 0 Å². The van der Waals surface area contributed by atoms with Crippen LogP contribution >= 0.6 is 0 Å². The molecule has 1 aromatic heterocycles. The second-order valence-electron chi connectivity index (χ2n) is 5.85. The quantitative estimate of drug-likeness (QED) is 0.940. The molecule has 6 nitrogen and oxygen atoms in total. The smallest absolute Gasteiger partial charge is 0.318 e. The van der Waals surface area contributed by atoms with E-state index in [4.69, 9.17) is 4.52 Å². The van der Waals surface area contributed by atoms with E-state index in [0.29, 0.717) is 18.3 Å². The van der Waals surface area contributed by atoms with Gasteiger partial charge >= 0.3 is 6.03 Å². The van der Waals surface area contributed by atoms with Gasteiger partial charge in [-0.05, 0) is 31.7 Å². The lowest BCUT2D eigenvalue weighted by molar-refractivity contribution is 0.180. The first-order valence-corrected chi connectivity index (χ1v) is 8.14. The number of carbonyl (C=O) groups is 1. The third kappa shape index (κ3) is 3.21. The van der Waals surface area contributed by atoms with Gasteiger partial charge in [0.1, 0.15) is 6.04 Å². The van der Waals surface area contributed by atoms with Gasteiger partial charge in [-0.2, -0.15) is 4.98 Å². The summed E-state index contributed by atoms with van der Waals surface area (Å²) in [7, 11) is 0. The number of carbonyl (C=O) groups excluding carboxylic acids is 1. The highest BCUT2D eigenvalue weighted by atomic mass is 16.5. The number of aryl methyl sites for hydroxylation is 1. The second kappa shape index (κ2) is 6.81. The summed E-state index contributed by atoms with van der Waals surface area (Å²) in [5, 5.41) is 7.02. The van der Waals surface area contributed by atoms with Gasteiger partial charge in [0.05, 0.1) is 0 Å². The minimum absolute atomic E-state index is 0.0509. The summed E-state index contributed by atoms with van der Waals surface area (Å²) < 4.78 is 5.46. The van der Waals surface area contributed by atoms with Crippen molar-refractivity contribution in [3.05, 3.63) is 35.7 Å². The molecule has 3 rings (SSSR count). The van der Waals surface area contributed by atoms with Crippen LogP contribution in [0, 0.1) is 6.92 Å². The Balaban J connectivity index is 1.79. The van der Waals surface area contributed by atoms with Crippen molar-refractivity contribution in [3.8, 4) is 11.4 Å². The molecule has 0 unspecified atom stereocenters. The van der Waals surface area contributed by atoms with Crippen molar-refractivity contribution in [2.24, 2.45) is 0 Å². The van der Waals surface area contributed by atoms with E-state index >= 15 is 0 Å². The lowest BCUT2D eigenvalue weighted by atomic mass is 10.1. The largest absolute Gasteiger partial charge is 0.338 e. The molecule has 1 fully saturated rings. The van der Waals surface area contributed by atoms with E-state index < -0.39 is 0 Å². The van der Waals surface area contributed by atoms with Crippen molar-refractivity contribution in [1.29, 1.82) is 0 Å². The van der Waals surface area contributed by atoms with Crippen LogP contribution < -0.4 is 5.32 Å². The van der Waals surface area contributed by atoms with Gasteiger partial charge in [-0.1, -0.05) is 36.3 Å².